The van der Waals surface area contributed by atoms with Crippen molar-refractivity contribution in [1.29, 1.82) is 0 Å². The summed E-state index contributed by atoms with van der Waals surface area (Å²) in [7, 11) is 0. The Bertz CT molecular complexity index is 677. The van der Waals surface area contributed by atoms with Crippen LogP contribution < -0.4 is 0 Å². The van der Waals surface area contributed by atoms with Gasteiger partial charge in [-0.25, -0.2) is 0 Å². The van der Waals surface area contributed by atoms with Crippen molar-refractivity contribution in [2.24, 2.45) is 0 Å². The van der Waals surface area contributed by atoms with Crippen molar-refractivity contribution in [2.75, 3.05) is 0 Å². The highest BCUT2D eigenvalue weighted by molar-refractivity contribution is 5.99. The SMILES string of the molecule is Cc1ccc(C)c(C(=O)Cc2ccccc2[N+](=O)[O-])c1. The van der Waals surface area contributed by atoms with E-state index in [4.69, 9.17) is 0 Å². The van der Waals surface area contributed by atoms with Gasteiger partial charge >= 0.3 is 0 Å². The van der Waals surface area contributed by atoms with Crippen LogP contribution in [-0.2, 0) is 6.42 Å². The Morgan fingerprint density at radius 2 is 1.85 bits per heavy atom. The zero-order chi connectivity index (χ0) is 14.7. The Labute approximate surface area is 117 Å². The minimum atomic E-state index is -0.453. The van der Waals surface area contributed by atoms with Gasteiger partial charge in [-0.1, -0.05) is 35.9 Å². The zero-order valence-electron chi connectivity index (χ0n) is 11.4. The van der Waals surface area contributed by atoms with Gasteiger partial charge in [0.1, 0.15) is 0 Å². The van der Waals surface area contributed by atoms with Crippen LogP contribution in [0.15, 0.2) is 42.5 Å². The number of hydrogen-bond donors (Lipinski definition) is 0. The average Bonchev–Trinajstić information content (AvgIpc) is 2.41. The molecule has 2 aromatic carbocycles. The molecule has 2 aromatic rings. The molecule has 4 nitrogen and oxygen atoms in total. The molecule has 0 bridgehead atoms. The Balaban J connectivity index is 2.33. The van der Waals surface area contributed by atoms with E-state index in [0.717, 1.165) is 11.1 Å². The molecule has 4 heteroatoms. The molecule has 0 fully saturated rings. The summed E-state index contributed by atoms with van der Waals surface area (Å²) in [5, 5.41) is 11.0. The number of carbonyl (C=O) groups is 1. The van der Waals surface area contributed by atoms with E-state index in [1.807, 2.05) is 32.0 Å². The standard InChI is InChI=1S/C16H15NO3/c1-11-7-8-12(2)14(9-11)16(18)10-13-5-3-4-6-15(13)17(19)20/h3-9H,10H2,1-2H3. The molecular formula is C16H15NO3. The number of rotatable bonds is 4. The largest absolute Gasteiger partial charge is 0.294 e. The molecule has 0 amide bonds. The summed E-state index contributed by atoms with van der Waals surface area (Å²) in [6.07, 6.45) is 0.0431. The third-order valence-corrected chi connectivity index (χ3v) is 3.23. The van der Waals surface area contributed by atoms with Crippen molar-refractivity contribution in [3.05, 3.63) is 74.8 Å². The van der Waals surface area contributed by atoms with Crippen LogP contribution in [0.3, 0.4) is 0 Å². The molecule has 0 saturated heterocycles. The first-order valence-electron chi connectivity index (χ1n) is 6.32. The smallest absolute Gasteiger partial charge is 0.273 e. The summed E-state index contributed by atoms with van der Waals surface area (Å²) in [5.41, 5.74) is 2.96. The molecule has 0 spiro atoms. The van der Waals surface area contributed by atoms with Gasteiger partial charge in [0.2, 0.25) is 0 Å². The van der Waals surface area contributed by atoms with Crippen molar-refractivity contribution in [3.63, 3.8) is 0 Å². The topological polar surface area (TPSA) is 60.2 Å². The number of nitro benzene ring substituents is 1. The van der Waals surface area contributed by atoms with Crippen LogP contribution in [-0.4, -0.2) is 10.7 Å². The average molecular weight is 269 g/mol. The lowest BCUT2D eigenvalue weighted by molar-refractivity contribution is -0.385. The zero-order valence-corrected chi connectivity index (χ0v) is 11.4. The predicted molar refractivity (Wildman–Crippen MR) is 77.0 cm³/mol. The highest BCUT2D eigenvalue weighted by Crippen LogP contribution is 2.21. The van der Waals surface area contributed by atoms with Crippen molar-refractivity contribution in [2.45, 2.75) is 20.3 Å². The van der Waals surface area contributed by atoms with Gasteiger partial charge in [0.05, 0.1) is 4.92 Å². The lowest BCUT2D eigenvalue weighted by Crippen LogP contribution is -2.07. The van der Waals surface area contributed by atoms with Crippen molar-refractivity contribution < 1.29 is 9.72 Å². The number of Topliss-reactive ketones (excluding diaryl/α,β-unsaturated/α-hetero) is 1. The van der Waals surface area contributed by atoms with Gasteiger partial charge in [0.25, 0.3) is 5.69 Å². The fourth-order valence-corrected chi connectivity index (χ4v) is 2.14. The van der Waals surface area contributed by atoms with Crippen LogP contribution >= 0.6 is 0 Å². The molecule has 20 heavy (non-hydrogen) atoms. The van der Waals surface area contributed by atoms with E-state index < -0.39 is 4.92 Å². The fourth-order valence-electron chi connectivity index (χ4n) is 2.14. The monoisotopic (exact) mass is 269 g/mol. The Morgan fingerprint density at radius 1 is 1.15 bits per heavy atom. The van der Waals surface area contributed by atoms with Crippen molar-refractivity contribution >= 4 is 11.5 Å². The van der Waals surface area contributed by atoms with Crippen LogP contribution in [0.25, 0.3) is 0 Å². The van der Waals surface area contributed by atoms with E-state index in [-0.39, 0.29) is 17.9 Å². The number of ketones is 1. The van der Waals surface area contributed by atoms with E-state index in [2.05, 4.69) is 0 Å². The molecule has 0 radical (unpaired) electrons. The van der Waals surface area contributed by atoms with Crippen LogP contribution in [0.5, 0.6) is 0 Å². The second-order valence-corrected chi connectivity index (χ2v) is 4.80. The number of carbonyl (C=O) groups excluding carboxylic acids is 1. The third-order valence-electron chi connectivity index (χ3n) is 3.23. The molecule has 102 valence electrons. The molecule has 2 rings (SSSR count). The fraction of sp³-hybridized carbons (Fsp3) is 0.188. The highest BCUT2D eigenvalue weighted by Gasteiger charge is 2.17. The number of benzene rings is 2. The lowest BCUT2D eigenvalue weighted by Gasteiger charge is -2.07. The van der Waals surface area contributed by atoms with Gasteiger partial charge in [-0.2, -0.15) is 0 Å². The first-order valence-corrected chi connectivity index (χ1v) is 6.32. The van der Waals surface area contributed by atoms with E-state index in [1.54, 1.807) is 18.2 Å². The maximum atomic E-state index is 12.3. The second kappa shape index (κ2) is 5.65. The number of para-hydroxylation sites is 1. The molecule has 0 unspecified atom stereocenters. The van der Waals surface area contributed by atoms with E-state index >= 15 is 0 Å². The van der Waals surface area contributed by atoms with Gasteiger partial charge in [0, 0.05) is 23.6 Å². The van der Waals surface area contributed by atoms with Gasteiger partial charge in [-0.05, 0) is 25.5 Å². The predicted octanol–water partition coefficient (Wildman–Crippen LogP) is 3.64. The summed E-state index contributed by atoms with van der Waals surface area (Å²) in [5.74, 6) is -0.0968. The van der Waals surface area contributed by atoms with Crippen LogP contribution in [0, 0.1) is 24.0 Å². The van der Waals surface area contributed by atoms with Crippen LogP contribution in [0.4, 0.5) is 5.69 Å². The summed E-state index contributed by atoms with van der Waals surface area (Å²) < 4.78 is 0. The van der Waals surface area contributed by atoms with Gasteiger partial charge in [-0.15, -0.1) is 0 Å². The summed E-state index contributed by atoms with van der Waals surface area (Å²) in [6.45, 7) is 3.78. The van der Waals surface area contributed by atoms with E-state index in [9.17, 15) is 14.9 Å². The minimum Gasteiger partial charge on any atom is -0.294 e. The maximum absolute atomic E-state index is 12.3. The van der Waals surface area contributed by atoms with Gasteiger partial charge in [0.15, 0.2) is 5.78 Å². The summed E-state index contributed by atoms with van der Waals surface area (Å²) in [6, 6.07) is 12.0. The number of nitrogens with zero attached hydrogens (tertiary/aromatic N) is 1. The van der Waals surface area contributed by atoms with Crippen molar-refractivity contribution in [3.8, 4) is 0 Å². The lowest BCUT2D eigenvalue weighted by atomic mass is 9.97. The molecule has 0 atom stereocenters. The van der Waals surface area contributed by atoms with Gasteiger partial charge in [-0.3, -0.25) is 14.9 Å². The van der Waals surface area contributed by atoms with Gasteiger partial charge < -0.3 is 0 Å². The minimum absolute atomic E-state index is 0.00819. The molecule has 0 saturated carbocycles. The molecule has 0 N–H and O–H groups in total. The molecule has 0 aliphatic carbocycles. The first kappa shape index (κ1) is 13.9. The summed E-state index contributed by atoms with van der Waals surface area (Å²) >= 11 is 0. The molecule has 0 heterocycles. The maximum Gasteiger partial charge on any atom is 0.273 e. The quantitative estimate of drug-likeness (QED) is 0.483. The normalized spacial score (nSPS) is 10.3. The molecule has 0 aliphatic heterocycles. The number of hydrogen-bond acceptors (Lipinski definition) is 3. The first-order chi connectivity index (χ1) is 9.49. The van der Waals surface area contributed by atoms with E-state index in [1.165, 1.54) is 6.07 Å². The molecular weight excluding hydrogens is 254 g/mol. The highest BCUT2D eigenvalue weighted by atomic mass is 16.6. The second-order valence-electron chi connectivity index (χ2n) is 4.80. The Morgan fingerprint density at radius 3 is 2.55 bits per heavy atom. The molecule has 0 aromatic heterocycles. The van der Waals surface area contributed by atoms with Crippen LogP contribution in [0.1, 0.15) is 27.0 Å². The summed E-state index contributed by atoms with van der Waals surface area (Å²) in [4.78, 5) is 22.8. The van der Waals surface area contributed by atoms with E-state index in [0.29, 0.717) is 11.1 Å². The number of aryl methyl sites for hydroxylation is 2. The Kier molecular flexibility index (Phi) is 3.94. The molecule has 0 aliphatic rings. The number of nitro groups is 1. The van der Waals surface area contributed by atoms with Crippen molar-refractivity contribution in [1.82, 2.24) is 0 Å². The Hall–Kier alpha value is -2.49. The third kappa shape index (κ3) is 2.91. The van der Waals surface area contributed by atoms with Crippen LogP contribution in [0.2, 0.25) is 0 Å².